The van der Waals surface area contributed by atoms with Crippen LogP contribution in [0.15, 0.2) is 65.4 Å². The Bertz CT molecular complexity index is 1050. The molecule has 1 heterocycles. The molecule has 2 aromatic rings. The Hall–Kier alpha value is -4.07. The fourth-order valence-corrected chi connectivity index (χ4v) is 2.97. The summed E-state index contributed by atoms with van der Waals surface area (Å²) in [5.41, 5.74) is 2.22. The predicted octanol–water partition coefficient (Wildman–Crippen LogP) is 2.67. The van der Waals surface area contributed by atoms with E-state index in [4.69, 9.17) is 14.2 Å². The Morgan fingerprint density at radius 3 is 2.26 bits per heavy atom. The van der Waals surface area contributed by atoms with Crippen LogP contribution < -0.4 is 20.1 Å². The van der Waals surface area contributed by atoms with Gasteiger partial charge in [0.2, 0.25) is 0 Å². The highest BCUT2D eigenvalue weighted by atomic mass is 16.5. The fourth-order valence-electron chi connectivity index (χ4n) is 2.97. The van der Waals surface area contributed by atoms with E-state index >= 15 is 0 Å². The highest BCUT2D eigenvalue weighted by molar-refractivity contribution is 6.16. The van der Waals surface area contributed by atoms with Crippen molar-refractivity contribution in [3.05, 3.63) is 70.9 Å². The molecule has 31 heavy (non-hydrogen) atoms. The van der Waals surface area contributed by atoms with Gasteiger partial charge in [-0.15, -0.1) is 0 Å². The summed E-state index contributed by atoms with van der Waals surface area (Å²) in [5.74, 6) is -0.0627. The van der Waals surface area contributed by atoms with Crippen molar-refractivity contribution in [2.24, 2.45) is 0 Å². The second kappa shape index (κ2) is 9.62. The third-order valence-corrected chi connectivity index (χ3v) is 4.51. The summed E-state index contributed by atoms with van der Waals surface area (Å²) in [6, 6.07) is 13.8. The molecule has 0 saturated carbocycles. The second-order valence-electron chi connectivity index (χ2n) is 6.64. The summed E-state index contributed by atoms with van der Waals surface area (Å²) in [6.07, 6.45) is 1.60. The summed E-state index contributed by atoms with van der Waals surface area (Å²) >= 11 is 0. The van der Waals surface area contributed by atoms with Gasteiger partial charge in [0, 0.05) is 11.4 Å². The van der Waals surface area contributed by atoms with Crippen LogP contribution in [0.2, 0.25) is 0 Å². The van der Waals surface area contributed by atoms with Gasteiger partial charge >= 0.3 is 5.97 Å². The number of ether oxygens (including phenoxy) is 3. The molecule has 0 radical (unpaired) electrons. The lowest BCUT2D eigenvalue weighted by atomic mass is 10.0. The molecule has 0 bridgehead atoms. The molecule has 1 aliphatic heterocycles. The summed E-state index contributed by atoms with van der Waals surface area (Å²) in [5, 5.41) is 5.35. The van der Waals surface area contributed by atoms with Gasteiger partial charge in [-0.05, 0) is 55.0 Å². The van der Waals surface area contributed by atoms with Crippen molar-refractivity contribution in [1.82, 2.24) is 5.32 Å². The third-order valence-electron chi connectivity index (χ3n) is 4.51. The quantitative estimate of drug-likeness (QED) is 0.525. The Labute approximate surface area is 179 Å². The monoisotopic (exact) mass is 422 g/mol. The normalized spacial score (nSPS) is 14.3. The van der Waals surface area contributed by atoms with Crippen molar-refractivity contribution in [1.29, 1.82) is 0 Å². The molecule has 2 aromatic carbocycles. The van der Waals surface area contributed by atoms with Crippen LogP contribution >= 0.6 is 0 Å². The average Bonchev–Trinajstić information content (AvgIpc) is 3.06. The first-order valence-electron chi connectivity index (χ1n) is 9.40. The van der Waals surface area contributed by atoms with Crippen LogP contribution in [0, 0.1) is 0 Å². The smallest absolute Gasteiger partial charge is 0.340 e. The molecule has 0 saturated heterocycles. The minimum absolute atomic E-state index is 0.163. The minimum Gasteiger partial charge on any atom is -0.497 e. The molecule has 0 atom stereocenters. The summed E-state index contributed by atoms with van der Waals surface area (Å²) in [7, 11) is 2.83. The molecule has 0 unspecified atom stereocenters. The number of carbonyl (C=O) groups excluding carboxylic acids is 3. The van der Waals surface area contributed by atoms with Gasteiger partial charge in [0.05, 0.1) is 25.4 Å². The van der Waals surface area contributed by atoms with E-state index in [1.807, 2.05) is 0 Å². The van der Waals surface area contributed by atoms with E-state index in [1.54, 1.807) is 68.6 Å². The molecule has 8 heteroatoms. The van der Waals surface area contributed by atoms with E-state index in [0.717, 1.165) is 0 Å². The van der Waals surface area contributed by atoms with E-state index < -0.39 is 5.97 Å². The van der Waals surface area contributed by atoms with Crippen molar-refractivity contribution < 1.29 is 28.6 Å². The zero-order valence-electron chi connectivity index (χ0n) is 17.4. The molecule has 0 aliphatic carbocycles. The number of benzene rings is 2. The molecule has 2 amide bonds. The highest BCUT2D eigenvalue weighted by Gasteiger charge is 2.30. The SMILES string of the molecule is COC(=O)C1=C(C)NC(=O)/C1=C\c1ccc(OCC(=O)Nc2ccc(OC)cc2)cc1. The van der Waals surface area contributed by atoms with Gasteiger partial charge in [0.15, 0.2) is 6.61 Å². The van der Waals surface area contributed by atoms with Crippen molar-refractivity contribution >= 4 is 29.5 Å². The van der Waals surface area contributed by atoms with E-state index in [2.05, 4.69) is 10.6 Å². The largest absolute Gasteiger partial charge is 0.497 e. The van der Waals surface area contributed by atoms with Crippen molar-refractivity contribution in [3.8, 4) is 11.5 Å². The standard InChI is InChI=1S/C23H22N2O6/c1-14-21(23(28)30-3)19(22(27)24-14)12-15-4-8-18(9-5-15)31-13-20(26)25-16-6-10-17(29-2)11-7-16/h4-12H,13H2,1-3H3,(H,24,27)(H,25,26)/b19-12-. The van der Waals surface area contributed by atoms with Crippen molar-refractivity contribution in [2.45, 2.75) is 6.92 Å². The lowest BCUT2D eigenvalue weighted by Crippen LogP contribution is -2.20. The fraction of sp³-hybridized carbons (Fsp3) is 0.174. The molecule has 160 valence electrons. The second-order valence-corrected chi connectivity index (χ2v) is 6.64. The molecular formula is C23H22N2O6. The van der Waals surface area contributed by atoms with Crippen LogP contribution in [0.5, 0.6) is 11.5 Å². The van der Waals surface area contributed by atoms with Crippen LogP contribution in [0.4, 0.5) is 5.69 Å². The number of methoxy groups -OCH3 is 2. The lowest BCUT2D eigenvalue weighted by Gasteiger charge is -2.08. The number of rotatable bonds is 7. The number of nitrogens with one attached hydrogen (secondary N) is 2. The number of esters is 1. The predicted molar refractivity (Wildman–Crippen MR) is 114 cm³/mol. The molecule has 3 rings (SSSR count). The minimum atomic E-state index is -0.579. The molecule has 2 N–H and O–H groups in total. The first kappa shape index (κ1) is 21.6. The van der Waals surface area contributed by atoms with Crippen LogP contribution in [0.3, 0.4) is 0 Å². The van der Waals surface area contributed by atoms with E-state index in [-0.39, 0.29) is 29.6 Å². The summed E-state index contributed by atoms with van der Waals surface area (Å²) < 4.78 is 15.3. The first-order chi connectivity index (χ1) is 14.9. The maximum atomic E-state index is 12.1. The Kier molecular flexibility index (Phi) is 6.71. The lowest BCUT2D eigenvalue weighted by molar-refractivity contribution is -0.136. The van der Waals surface area contributed by atoms with Crippen LogP contribution in [-0.4, -0.2) is 38.6 Å². The van der Waals surface area contributed by atoms with Gasteiger partial charge in [-0.2, -0.15) is 0 Å². The molecule has 0 aromatic heterocycles. The van der Waals surface area contributed by atoms with Crippen LogP contribution in [0.25, 0.3) is 6.08 Å². The first-order valence-corrected chi connectivity index (χ1v) is 9.40. The molecule has 1 aliphatic rings. The van der Waals surface area contributed by atoms with Crippen LogP contribution in [-0.2, 0) is 19.1 Å². The van der Waals surface area contributed by atoms with Gasteiger partial charge in [-0.1, -0.05) is 12.1 Å². The van der Waals surface area contributed by atoms with E-state index in [1.165, 1.54) is 7.11 Å². The molecule has 0 fully saturated rings. The number of amides is 2. The highest BCUT2D eigenvalue weighted by Crippen LogP contribution is 2.25. The van der Waals surface area contributed by atoms with Gasteiger partial charge in [0.25, 0.3) is 11.8 Å². The number of anilines is 1. The van der Waals surface area contributed by atoms with Gasteiger partial charge < -0.3 is 24.8 Å². The van der Waals surface area contributed by atoms with E-state index in [0.29, 0.717) is 28.4 Å². The van der Waals surface area contributed by atoms with Gasteiger partial charge in [-0.25, -0.2) is 4.79 Å². The zero-order chi connectivity index (χ0) is 22.4. The van der Waals surface area contributed by atoms with Crippen molar-refractivity contribution in [3.63, 3.8) is 0 Å². The number of hydrogen-bond acceptors (Lipinski definition) is 6. The molecule has 8 nitrogen and oxygen atoms in total. The average molecular weight is 422 g/mol. The van der Waals surface area contributed by atoms with Gasteiger partial charge in [-0.3, -0.25) is 9.59 Å². The molecule has 0 spiro atoms. The maximum Gasteiger partial charge on any atom is 0.340 e. The topological polar surface area (TPSA) is 103 Å². The Morgan fingerprint density at radius 1 is 1.00 bits per heavy atom. The summed E-state index contributed by atoms with van der Waals surface area (Å²) in [6.45, 7) is 1.47. The third kappa shape index (κ3) is 5.30. The molecular weight excluding hydrogens is 400 g/mol. The van der Waals surface area contributed by atoms with Crippen LogP contribution in [0.1, 0.15) is 12.5 Å². The Morgan fingerprint density at radius 2 is 1.65 bits per heavy atom. The maximum absolute atomic E-state index is 12.1. The number of hydrogen-bond donors (Lipinski definition) is 2. The van der Waals surface area contributed by atoms with Crippen molar-refractivity contribution in [2.75, 3.05) is 26.1 Å². The Balaban J connectivity index is 1.61. The van der Waals surface area contributed by atoms with Gasteiger partial charge in [0.1, 0.15) is 11.5 Å². The number of carbonyl (C=O) groups is 3. The van der Waals surface area contributed by atoms with E-state index in [9.17, 15) is 14.4 Å². The number of allylic oxidation sites excluding steroid dienone is 1. The summed E-state index contributed by atoms with van der Waals surface area (Å²) in [4.78, 5) is 36.2. The zero-order valence-corrected chi connectivity index (χ0v) is 17.4.